The summed E-state index contributed by atoms with van der Waals surface area (Å²) in [5.41, 5.74) is 11.5. The van der Waals surface area contributed by atoms with Gasteiger partial charge in [-0.1, -0.05) is 38.0 Å². The van der Waals surface area contributed by atoms with Crippen LogP contribution in [0.15, 0.2) is 22.8 Å². The van der Waals surface area contributed by atoms with E-state index in [0.29, 0.717) is 17.4 Å². The lowest BCUT2D eigenvalue weighted by Crippen LogP contribution is -2.55. The Morgan fingerprint density at radius 3 is 2.81 bits per heavy atom. The third kappa shape index (κ3) is 2.73. The van der Waals surface area contributed by atoms with Crippen LogP contribution >= 0.6 is 0 Å². The summed E-state index contributed by atoms with van der Waals surface area (Å²) in [6, 6.07) is 0.304. The zero-order chi connectivity index (χ0) is 15.3. The minimum atomic E-state index is -0.137. The summed E-state index contributed by atoms with van der Waals surface area (Å²) in [5, 5.41) is 3.45. The van der Waals surface area contributed by atoms with E-state index in [1.807, 2.05) is 0 Å². The molecule has 0 amide bonds. The third-order valence-electron chi connectivity index (χ3n) is 6.00. The normalized spacial score (nSPS) is 37.5. The van der Waals surface area contributed by atoms with Gasteiger partial charge in [0.15, 0.2) is 0 Å². The van der Waals surface area contributed by atoms with Crippen molar-refractivity contribution in [3.05, 3.63) is 22.8 Å². The molecule has 3 N–H and O–H groups in total. The highest BCUT2D eigenvalue weighted by Crippen LogP contribution is 2.51. The number of nitrogens with two attached hydrogens (primary N) is 1. The summed E-state index contributed by atoms with van der Waals surface area (Å²) < 4.78 is -0.137. The van der Waals surface area contributed by atoms with Gasteiger partial charge in [0.25, 0.3) is 0 Å². The summed E-state index contributed by atoms with van der Waals surface area (Å²) in [6.45, 7) is 8.83. The lowest BCUT2D eigenvalue weighted by atomic mass is 9.60. The predicted octanol–water partition coefficient (Wildman–Crippen LogP) is 3.07. The van der Waals surface area contributed by atoms with Crippen LogP contribution in [0.1, 0.15) is 52.9 Å². The Morgan fingerprint density at radius 1 is 1.38 bits per heavy atom. The maximum atomic E-state index is 6.51. The van der Waals surface area contributed by atoms with Crippen molar-refractivity contribution >= 4 is 12.6 Å². The molecule has 0 aromatic heterocycles. The van der Waals surface area contributed by atoms with E-state index in [2.05, 4.69) is 32.2 Å². The van der Waals surface area contributed by atoms with E-state index < -0.39 is 0 Å². The number of allylic oxidation sites excluding steroid dienone is 3. The summed E-state index contributed by atoms with van der Waals surface area (Å²) in [6.07, 6.45) is 8.42. The number of hydrogen-bond acceptors (Lipinski definition) is 3. The Bertz CT molecular complexity index is 486. The molecule has 2 aliphatic carbocycles. The quantitative estimate of drug-likeness (QED) is 0.731. The average Bonchev–Trinajstić information content (AvgIpc) is 2.42. The molecule has 3 atom stereocenters. The van der Waals surface area contributed by atoms with Crippen molar-refractivity contribution in [3.8, 4) is 0 Å². The van der Waals surface area contributed by atoms with Crippen molar-refractivity contribution in [1.82, 2.24) is 5.32 Å². The van der Waals surface area contributed by atoms with E-state index in [0.717, 1.165) is 19.5 Å². The fraction of sp³-hybridized carbons (Fsp3) is 0.778. The van der Waals surface area contributed by atoms with Crippen LogP contribution in [-0.2, 0) is 12.6 Å². The molecule has 0 saturated carbocycles. The Labute approximate surface area is 135 Å². The number of piperidine rings is 1. The SMILES string of the molecule is CC1CC=C(C(C)(C)[S-])C2=C1CC1(CCNC[C@@H]1N)CC2. The highest BCUT2D eigenvalue weighted by atomic mass is 32.1. The molecule has 1 fully saturated rings. The smallest absolute Gasteiger partial charge is 0.0226 e. The van der Waals surface area contributed by atoms with E-state index in [9.17, 15) is 0 Å². The molecule has 2 nitrogen and oxygen atoms in total. The largest absolute Gasteiger partial charge is 0.782 e. The monoisotopic (exact) mass is 305 g/mol. The first-order valence-electron chi connectivity index (χ1n) is 8.43. The molecule has 3 rings (SSSR count). The van der Waals surface area contributed by atoms with Crippen LogP contribution in [0.4, 0.5) is 0 Å². The van der Waals surface area contributed by atoms with Crippen molar-refractivity contribution in [2.75, 3.05) is 13.1 Å². The number of hydrogen-bond donors (Lipinski definition) is 2. The molecular formula is C18H29N2S-. The van der Waals surface area contributed by atoms with Gasteiger partial charge in [-0.3, -0.25) is 0 Å². The number of nitrogens with one attached hydrogen (secondary N) is 1. The van der Waals surface area contributed by atoms with Crippen LogP contribution in [0, 0.1) is 11.3 Å². The highest BCUT2D eigenvalue weighted by Gasteiger charge is 2.43. The summed E-state index contributed by atoms with van der Waals surface area (Å²) in [5.74, 6) is 0.667. The molecule has 0 bridgehead atoms. The van der Waals surface area contributed by atoms with Gasteiger partial charge in [-0.05, 0) is 55.6 Å². The maximum absolute atomic E-state index is 6.51. The van der Waals surface area contributed by atoms with Crippen LogP contribution in [0.3, 0.4) is 0 Å². The third-order valence-corrected chi connectivity index (χ3v) is 6.22. The van der Waals surface area contributed by atoms with Gasteiger partial charge in [0.2, 0.25) is 0 Å². The topological polar surface area (TPSA) is 38.0 Å². The molecule has 3 aliphatic rings. The van der Waals surface area contributed by atoms with Gasteiger partial charge < -0.3 is 23.7 Å². The Balaban J connectivity index is 1.94. The van der Waals surface area contributed by atoms with Crippen molar-refractivity contribution in [3.63, 3.8) is 0 Å². The zero-order valence-corrected chi connectivity index (χ0v) is 14.5. The molecular weight excluding hydrogens is 276 g/mol. The van der Waals surface area contributed by atoms with Crippen LogP contribution in [-0.4, -0.2) is 23.9 Å². The van der Waals surface area contributed by atoms with E-state index >= 15 is 0 Å². The van der Waals surface area contributed by atoms with E-state index in [-0.39, 0.29) is 4.75 Å². The average molecular weight is 306 g/mol. The molecule has 0 aromatic carbocycles. The lowest BCUT2D eigenvalue weighted by Gasteiger charge is -2.50. The molecule has 3 heteroatoms. The Morgan fingerprint density at radius 2 is 2.14 bits per heavy atom. The summed E-state index contributed by atoms with van der Waals surface area (Å²) in [4.78, 5) is 0. The predicted molar refractivity (Wildman–Crippen MR) is 92.1 cm³/mol. The molecule has 0 aromatic rings. The van der Waals surface area contributed by atoms with E-state index in [4.69, 9.17) is 18.4 Å². The molecule has 0 radical (unpaired) electrons. The molecule has 1 spiro atoms. The van der Waals surface area contributed by atoms with Gasteiger partial charge in [0.1, 0.15) is 0 Å². The summed E-state index contributed by atoms with van der Waals surface area (Å²) >= 11 is 5.75. The van der Waals surface area contributed by atoms with Crippen molar-refractivity contribution in [2.45, 2.75) is 63.7 Å². The molecule has 2 unspecified atom stereocenters. The first kappa shape index (κ1) is 15.6. The van der Waals surface area contributed by atoms with Crippen molar-refractivity contribution in [1.29, 1.82) is 0 Å². The van der Waals surface area contributed by atoms with E-state index in [1.54, 1.807) is 11.1 Å². The van der Waals surface area contributed by atoms with Gasteiger partial charge >= 0.3 is 0 Å². The van der Waals surface area contributed by atoms with Crippen molar-refractivity contribution < 1.29 is 0 Å². The molecule has 1 heterocycles. The summed E-state index contributed by atoms with van der Waals surface area (Å²) in [7, 11) is 0. The van der Waals surface area contributed by atoms with Gasteiger partial charge in [-0.25, -0.2) is 0 Å². The van der Waals surface area contributed by atoms with Gasteiger partial charge in [0, 0.05) is 12.6 Å². The van der Waals surface area contributed by atoms with Gasteiger partial charge in [-0.2, -0.15) is 0 Å². The van der Waals surface area contributed by atoms with Crippen LogP contribution in [0.25, 0.3) is 0 Å². The Kier molecular flexibility index (Phi) is 4.05. The minimum Gasteiger partial charge on any atom is -0.782 e. The number of rotatable bonds is 1. The van der Waals surface area contributed by atoms with Gasteiger partial charge in [0.05, 0.1) is 0 Å². The van der Waals surface area contributed by atoms with Crippen LogP contribution in [0.2, 0.25) is 0 Å². The minimum absolute atomic E-state index is 0.137. The maximum Gasteiger partial charge on any atom is 0.0226 e. The second-order valence-corrected chi connectivity index (χ2v) is 8.89. The fourth-order valence-electron chi connectivity index (χ4n) is 4.58. The van der Waals surface area contributed by atoms with E-state index in [1.165, 1.54) is 31.3 Å². The first-order chi connectivity index (χ1) is 9.83. The van der Waals surface area contributed by atoms with Crippen LogP contribution in [0.5, 0.6) is 0 Å². The fourth-order valence-corrected chi connectivity index (χ4v) is 4.79. The molecule has 21 heavy (non-hydrogen) atoms. The highest BCUT2D eigenvalue weighted by molar-refractivity contribution is 7.60. The second kappa shape index (κ2) is 5.43. The molecule has 118 valence electrons. The van der Waals surface area contributed by atoms with Crippen molar-refractivity contribution in [2.24, 2.45) is 17.1 Å². The van der Waals surface area contributed by atoms with Crippen LogP contribution < -0.4 is 11.1 Å². The van der Waals surface area contributed by atoms with Gasteiger partial charge in [-0.15, -0.1) is 4.75 Å². The first-order valence-corrected chi connectivity index (χ1v) is 8.84. The molecule has 1 saturated heterocycles. The molecule has 1 aliphatic heterocycles. The zero-order valence-electron chi connectivity index (χ0n) is 13.7. The Hall–Kier alpha value is -0.250. The standard InChI is InChI=1S/C18H30N2S/c1-12-4-5-15(17(2,3)21)13-6-7-18(10-14(12)13)8-9-20-11-16(18)19/h5,12,16,20-21H,4,6-11,19H2,1-3H3/p-1/t12?,16-,18?/m0/s1. The second-order valence-electron chi connectivity index (χ2n) is 7.87. The lowest BCUT2D eigenvalue weighted by molar-refractivity contribution is 0.135.